The third kappa shape index (κ3) is 1.68. The van der Waals surface area contributed by atoms with Crippen molar-refractivity contribution in [2.75, 3.05) is 13.1 Å². The number of nitrogens with zero attached hydrogens (tertiary/aromatic N) is 1. The molecule has 0 spiro atoms. The van der Waals surface area contributed by atoms with Crippen molar-refractivity contribution < 1.29 is 15.0 Å². The number of fused-ring (bicyclic) bond motifs is 1. The molecule has 1 fully saturated rings. The van der Waals surface area contributed by atoms with E-state index in [9.17, 15) is 15.0 Å². The molecular formula is C13H14N2O3. The van der Waals surface area contributed by atoms with Crippen molar-refractivity contribution in [2.45, 2.75) is 12.2 Å². The Morgan fingerprint density at radius 1 is 1.22 bits per heavy atom. The van der Waals surface area contributed by atoms with Crippen LogP contribution in [0.15, 0.2) is 30.5 Å². The second kappa shape index (κ2) is 4.12. The van der Waals surface area contributed by atoms with Crippen molar-refractivity contribution in [1.82, 2.24) is 9.88 Å². The summed E-state index contributed by atoms with van der Waals surface area (Å²) in [5, 5.41) is 19.8. The number of aliphatic hydroxyl groups excluding tert-OH is 2. The summed E-state index contributed by atoms with van der Waals surface area (Å²) in [5.74, 6) is -0.164. The molecule has 2 heterocycles. The summed E-state index contributed by atoms with van der Waals surface area (Å²) in [6, 6.07) is 7.55. The van der Waals surface area contributed by atoms with Crippen LogP contribution in [0.2, 0.25) is 0 Å². The van der Waals surface area contributed by atoms with Gasteiger partial charge in [-0.1, -0.05) is 18.2 Å². The van der Waals surface area contributed by atoms with Gasteiger partial charge in [-0.3, -0.25) is 4.79 Å². The molecule has 1 amide bonds. The number of aliphatic hydroxyl groups is 2. The van der Waals surface area contributed by atoms with Crippen LogP contribution in [0.4, 0.5) is 0 Å². The summed E-state index contributed by atoms with van der Waals surface area (Å²) in [7, 11) is 0. The Balaban J connectivity index is 1.93. The van der Waals surface area contributed by atoms with Gasteiger partial charge in [0.25, 0.3) is 5.91 Å². The summed E-state index contributed by atoms with van der Waals surface area (Å²) < 4.78 is 0. The molecule has 1 aliphatic heterocycles. The standard InChI is InChI=1S/C13H14N2O3/c16-11-6-15(7-12(11)17)13(18)9-5-14-10-4-2-1-3-8(9)10/h1-5,11-12,14,16-17H,6-7H2/t11-,12+. The highest BCUT2D eigenvalue weighted by atomic mass is 16.3. The number of carbonyl (C=O) groups excluding carboxylic acids is 1. The zero-order chi connectivity index (χ0) is 12.7. The highest BCUT2D eigenvalue weighted by Gasteiger charge is 2.33. The van der Waals surface area contributed by atoms with Gasteiger partial charge in [0.15, 0.2) is 0 Å². The summed E-state index contributed by atoms with van der Waals surface area (Å²) in [6.07, 6.45) is -0.0253. The molecule has 18 heavy (non-hydrogen) atoms. The first-order valence-electron chi connectivity index (χ1n) is 5.88. The van der Waals surface area contributed by atoms with Crippen molar-refractivity contribution in [2.24, 2.45) is 0 Å². The molecule has 0 bridgehead atoms. The lowest BCUT2D eigenvalue weighted by atomic mass is 10.1. The van der Waals surface area contributed by atoms with Gasteiger partial charge in [-0.05, 0) is 6.07 Å². The van der Waals surface area contributed by atoms with E-state index in [4.69, 9.17) is 0 Å². The van der Waals surface area contributed by atoms with Crippen LogP contribution < -0.4 is 0 Å². The molecule has 1 saturated heterocycles. The maximum absolute atomic E-state index is 12.3. The largest absolute Gasteiger partial charge is 0.388 e. The lowest BCUT2D eigenvalue weighted by Crippen LogP contribution is -2.29. The van der Waals surface area contributed by atoms with Crippen LogP contribution in [0.25, 0.3) is 10.9 Å². The Morgan fingerprint density at radius 2 is 1.89 bits per heavy atom. The highest BCUT2D eigenvalue weighted by molar-refractivity contribution is 6.06. The SMILES string of the molecule is O=C(c1c[nH]c2ccccc12)N1C[C@@H](O)[C@@H](O)C1. The van der Waals surface area contributed by atoms with E-state index in [2.05, 4.69) is 4.98 Å². The molecule has 0 radical (unpaired) electrons. The van der Waals surface area contributed by atoms with Gasteiger partial charge in [0, 0.05) is 30.2 Å². The first-order chi connectivity index (χ1) is 8.66. The number of likely N-dealkylation sites (tertiary alicyclic amines) is 1. The Hall–Kier alpha value is -1.85. The van der Waals surface area contributed by atoms with E-state index >= 15 is 0 Å². The summed E-state index contributed by atoms with van der Waals surface area (Å²) in [5.41, 5.74) is 1.48. The number of nitrogens with one attached hydrogen (secondary N) is 1. The number of hydrogen-bond acceptors (Lipinski definition) is 3. The smallest absolute Gasteiger partial charge is 0.256 e. The summed E-state index contributed by atoms with van der Waals surface area (Å²) >= 11 is 0. The van der Waals surface area contributed by atoms with Crippen LogP contribution in [0.3, 0.4) is 0 Å². The van der Waals surface area contributed by atoms with Crippen LogP contribution in [0, 0.1) is 0 Å². The van der Waals surface area contributed by atoms with E-state index in [1.165, 1.54) is 4.90 Å². The molecule has 2 aromatic rings. The van der Waals surface area contributed by atoms with Gasteiger partial charge >= 0.3 is 0 Å². The predicted octanol–water partition coefficient (Wildman–Crippen LogP) is 0.346. The number of H-pyrrole nitrogens is 1. The van der Waals surface area contributed by atoms with Crippen molar-refractivity contribution in [3.63, 3.8) is 0 Å². The van der Waals surface area contributed by atoms with Gasteiger partial charge in [0.2, 0.25) is 0 Å². The normalized spacial score (nSPS) is 23.8. The van der Waals surface area contributed by atoms with E-state index in [-0.39, 0.29) is 19.0 Å². The first-order valence-corrected chi connectivity index (χ1v) is 5.88. The number of rotatable bonds is 1. The Labute approximate surface area is 104 Å². The minimum Gasteiger partial charge on any atom is -0.388 e. The third-order valence-corrected chi connectivity index (χ3v) is 3.37. The zero-order valence-corrected chi connectivity index (χ0v) is 9.71. The summed E-state index contributed by atoms with van der Waals surface area (Å²) in [6.45, 7) is 0.360. The quantitative estimate of drug-likeness (QED) is 0.679. The average Bonchev–Trinajstić information content (AvgIpc) is 2.93. The van der Waals surface area contributed by atoms with Crippen molar-refractivity contribution in [3.05, 3.63) is 36.0 Å². The number of β-amino-alcohol motifs (C(OH)–C–C–N with tert-alkyl or cyclic N) is 2. The van der Waals surface area contributed by atoms with Crippen molar-refractivity contribution in [3.8, 4) is 0 Å². The molecule has 2 atom stereocenters. The molecule has 1 aliphatic rings. The second-order valence-electron chi connectivity index (χ2n) is 4.59. The van der Waals surface area contributed by atoms with E-state index in [1.54, 1.807) is 6.20 Å². The highest BCUT2D eigenvalue weighted by Crippen LogP contribution is 2.21. The Bertz CT molecular complexity index is 583. The number of aromatic amines is 1. The third-order valence-electron chi connectivity index (χ3n) is 3.37. The van der Waals surface area contributed by atoms with Crippen molar-refractivity contribution >= 4 is 16.8 Å². The molecule has 1 aromatic carbocycles. The molecule has 3 N–H and O–H groups in total. The molecule has 0 saturated carbocycles. The number of benzene rings is 1. The van der Waals surface area contributed by atoms with Gasteiger partial charge < -0.3 is 20.1 Å². The minimum absolute atomic E-state index is 0.164. The first kappa shape index (κ1) is 11.3. The molecule has 1 aromatic heterocycles. The maximum Gasteiger partial charge on any atom is 0.256 e. The van der Waals surface area contributed by atoms with Crippen LogP contribution in [0.5, 0.6) is 0 Å². The Kier molecular flexibility index (Phi) is 2.57. The molecule has 94 valence electrons. The fourth-order valence-electron chi connectivity index (χ4n) is 2.35. The molecule has 5 nitrogen and oxygen atoms in total. The average molecular weight is 246 g/mol. The van der Waals surface area contributed by atoms with Crippen LogP contribution in [0.1, 0.15) is 10.4 Å². The van der Waals surface area contributed by atoms with Crippen LogP contribution in [-0.2, 0) is 0 Å². The lowest BCUT2D eigenvalue weighted by molar-refractivity contribution is 0.0572. The van der Waals surface area contributed by atoms with E-state index in [0.717, 1.165) is 10.9 Å². The molecular weight excluding hydrogens is 232 g/mol. The van der Waals surface area contributed by atoms with Gasteiger partial charge in [-0.2, -0.15) is 0 Å². The molecule has 5 heteroatoms. The van der Waals surface area contributed by atoms with Crippen LogP contribution in [-0.4, -0.2) is 51.3 Å². The molecule has 0 unspecified atom stereocenters. The Morgan fingerprint density at radius 3 is 2.61 bits per heavy atom. The fraction of sp³-hybridized carbons (Fsp3) is 0.308. The second-order valence-corrected chi connectivity index (χ2v) is 4.59. The molecule has 3 rings (SSSR count). The number of amides is 1. The minimum atomic E-state index is -0.848. The zero-order valence-electron chi connectivity index (χ0n) is 9.71. The number of hydrogen-bond donors (Lipinski definition) is 3. The predicted molar refractivity (Wildman–Crippen MR) is 66.2 cm³/mol. The number of carbonyl (C=O) groups is 1. The lowest BCUT2D eigenvalue weighted by Gasteiger charge is -2.14. The molecule has 0 aliphatic carbocycles. The number of para-hydroxylation sites is 1. The monoisotopic (exact) mass is 246 g/mol. The summed E-state index contributed by atoms with van der Waals surface area (Å²) in [4.78, 5) is 16.8. The van der Waals surface area contributed by atoms with Crippen molar-refractivity contribution in [1.29, 1.82) is 0 Å². The topological polar surface area (TPSA) is 76.6 Å². The van der Waals surface area contributed by atoms with E-state index < -0.39 is 12.2 Å². The van der Waals surface area contributed by atoms with Gasteiger partial charge in [0.1, 0.15) is 0 Å². The van der Waals surface area contributed by atoms with Crippen LogP contribution >= 0.6 is 0 Å². The maximum atomic E-state index is 12.3. The van der Waals surface area contributed by atoms with Gasteiger partial charge in [-0.15, -0.1) is 0 Å². The fourth-order valence-corrected chi connectivity index (χ4v) is 2.35. The van der Waals surface area contributed by atoms with E-state index in [0.29, 0.717) is 5.56 Å². The van der Waals surface area contributed by atoms with Gasteiger partial charge in [0.05, 0.1) is 17.8 Å². The van der Waals surface area contributed by atoms with Gasteiger partial charge in [-0.25, -0.2) is 0 Å². The number of aromatic nitrogens is 1. The van der Waals surface area contributed by atoms with E-state index in [1.807, 2.05) is 24.3 Å².